The molecule has 0 aliphatic carbocycles. The lowest BCUT2D eigenvalue weighted by atomic mass is 10.3. The number of nitrogens with one attached hydrogen (secondary N) is 1. The molecule has 1 heterocycles. The summed E-state index contributed by atoms with van der Waals surface area (Å²) in [5.74, 6) is -0.360. The summed E-state index contributed by atoms with van der Waals surface area (Å²) in [4.78, 5) is 14.2. The summed E-state index contributed by atoms with van der Waals surface area (Å²) in [6.07, 6.45) is 3.98. The van der Waals surface area contributed by atoms with Gasteiger partial charge in [-0.1, -0.05) is 0 Å². The molecular weight excluding hydrogens is 184 g/mol. The van der Waals surface area contributed by atoms with Gasteiger partial charge in [-0.05, 0) is 6.92 Å². The molecule has 1 aromatic rings. The zero-order chi connectivity index (χ0) is 10.6. The van der Waals surface area contributed by atoms with Crippen molar-refractivity contribution < 1.29 is 9.90 Å². The Kier molecular flexibility index (Phi) is 3.22. The highest BCUT2D eigenvalue weighted by molar-refractivity contribution is 5.79. The van der Waals surface area contributed by atoms with Crippen molar-refractivity contribution in [3.8, 4) is 0 Å². The highest BCUT2D eigenvalue weighted by Crippen LogP contribution is 2.03. The van der Waals surface area contributed by atoms with Crippen LogP contribution >= 0.6 is 0 Å². The number of aryl methyl sites for hydroxylation is 1. The van der Waals surface area contributed by atoms with Crippen molar-refractivity contribution in [2.24, 2.45) is 7.05 Å². The van der Waals surface area contributed by atoms with E-state index in [1.165, 1.54) is 6.20 Å². The molecule has 0 aliphatic heterocycles. The van der Waals surface area contributed by atoms with Crippen LogP contribution in [0.15, 0.2) is 18.6 Å². The van der Waals surface area contributed by atoms with Crippen molar-refractivity contribution in [1.82, 2.24) is 20.1 Å². The molecule has 1 unspecified atom stereocenters. The van der Waals surface area contributed by atoms with Crippen molar-refractivity contribution in [1.29, 1.82) is 0 Å². The van der Waals surface area contributed by atoms with Crippen molar-refractivity contribution in [2.75, 3.05) is 0 Å². The maximum atomic E-state index is 10.2. The molecule has 0 radical (unpaired) electrons. The zero-order valence-corrected chi connectivity index (χ0v) is 8.01. The van der Waals surface area contributed by atoms with E-state index in [0.717, 1.165) is 6.08 Å². The first kappa shape index (κ1) is 10.2. The maximum Gasteiger partial charge on any atom is 0.329 e. The van der Waals surface area contributed by atoms with E-state index in [4.69, 9.17) is 5.11 Å². The van der Waals surface area contributed by atoms with Gasteiger partial charge in [0, 0.05) is 19.3 Å². The van der Waals surface area contributed by atoms with Crippen molar-refractivity contribution in [2.45, 2.75) is 13.0 Å². The van der Waals surface area contributed by atoms with Crippen molar-refractivity contribution in [3.05, 3.63) is 24.4 Å². The Morgan fingerprint density at radius 1 is 1.79 bits per heavy atom. The Bertz CT molecular complexity index is 345. The lowest BCUT2D eigenvalue weighted by Gasteiger charge is -2.05. The minimum Gasteiger partial charge on any atom is -0.478 e. The highest BCUT2D eigenvalue weighted by atomic mass is 16.4. The van der Waals surface area contributed by atoms with Crippen molar-refractivity contribution >= 4 is 5.97 Å². The van der Waals surface area contributed by atoms with E-state index in [0.29, 0.717) is 5.82 Å². The van der Waals surface area contributed by atoms with Crippen LogP contribution in [0.25, 0.3) is 0 Å². The maximum absolute atomic E-state index is 10.2. The molecular formula is C8H12N4O2. The van der Waals surface area contributed by atoms with Crippen LogP contribution in [0, 0.1) is 0 Å². The van der Waals surface area contributed by atoms with E-state index >= 15 is 0 Å². The van der Waals surface area contributed by atoms with Gasteiger partial charge in [0.25, 0.3) is 0 Å². The summed E-state index contributed by atoms with van der Waals surface area (Å²) >= 11 is 0. The second-order valence-corrected chi connectivity index (χ2v) is 2.84. The molecule has 1 rings (SSSR count). The normalized spacial score (nSPS) is 13.0. The molecule has 0 bridgehead atoms. The Balaban J connectivity index is 2.50. The number of hydrogen-bond acceptors (Lipinski definition) is 4. The van der Waals surface area contributed by atoms with E-state index in [1.807, 2.05) is 6.92 Å². The topological polar surface area (TPSA) is 80.0 Å². The molecule has 14 heavy (non-hydrogen) atoms. The van der Waals surface area contributed by atoms with Crippen LogP contribution in [-0.2, 0) is 11.8 Å². The predicted molar refractivity (Wildman–Crippen MR) is 49.3 cm³/mol. The minimum absolute atomic E-state index is 0.105. The third kappa shape index (κ3) is 2.89. The number of hydrogen-bond donors (Lipinski definition) is 2. The smallest absolute Gasteiger partial charge is 0.329 e. The SMILES string of the molecule is CC(N/C=C/C(=O)O)c1ncn(C)n1. The summed E-state index contributed by atoms with van der Waals surface area (Å²) in [5, 5.41) is 15.3. The fraction of sp³-hybridized carbons (Fsp3) is 0.375. The third-order valence-corrected chi connectivity index (χ3v) is 1.58. The lowest BCUT2D eigenvalue weighted by Crippen LogP contribution is -2.14. The van der Waals surface area contributed by atoms with E-state index < -0.39 is 5.97 Å². The van der Waals surface area contributed by atoms with E-state index in [9.17, 15) is 4.79 Å². The van der Waals surface area contributed by atoms with Gasteiger partial charge in [-0.2, -0.15) is 5.10 Å². The minimum atomic E-state index is -0.987. The summed E-state index contributed by atoms with van der Waals surface area (Å²) in [7, 11) is 1.77. The van der Waals surface area contributed by atoms with E-state index in [1.54, 1.807) is 18.1 Å². The molecule has 0 aromatic carbocycles. The molecule has 1 aromatic heterocycles. The standard InChI is InChI=1S/C8H12N4O2/c1-6(9-4-3-7(13)14)8-10-5-12(2)11-8/h3-6,9H,1-2H3,(H,13,14)/b4-3+. The second kappa shape index (κ2) is 4.40. The number of carbonyl (C=O) groups is 1. The first-order chi connectivity index (χ1) is 6.59. The van der Waals surface area contributed by atoms with Gasteiger partial charge in [0.15, 0.2) is 5.82 Å². The molecule has 1 atom stereocenters. The first-order valence-corrected chi connectivity index (χ1v) is 4.10. The number of aromatic nitrogens is 3. The molecule has 0 fully saturated rings. The van der Waals surface area contributed by atoms with Gasteiger partial charge in [-0.3, -0.25) is 4.68 Å². The second-order valence-electron chi connectivity index (χ2n) is 2.84. The Labute approximate surface area is 81.3 Å². The predicted octanol–water partition coefficient (Wildman–Crippen LogP) is 0.0640. The van der Waals surface area contributed by atoms with Gasteiger partial charge in [0.1, 0.15) is 6.33 Å². The molecule has 0 saturated carbocycles. The number of carboxylic acid groups (broad SMARTS) is 1. The molecule has 2 N–H and O–H groups in total. The Morgan fingerprint density at radius 3 is 3.00 bits per heavy atom. The summed E-state index contributed by atoms with van der Waals surface area (Å²) in [5.41, 5.74) is 0. The summed E-state index contributed by atoms with van der Waals surface area (Å²) in [6, 6.07) is -0.105. The molecule has 0 saturated heterocycles. The number of nitrogens with zero attached hydrogens (tertiary/aromatic N) is 3. The van der Waals surface area contributed by atoms with Crippen LogP contribution < -0.4 is 5.32 Å². The lowest BCUT2D eigenvalue weighted by molar-refractivity contribution is -0.131. The summed E-state index contributed by atoms with van der Waals surface area (Å²) < 4.78 is 1.59. The van der Waals surface area contributed by atoms with Gasteiger partial charge >= 0.3 is 5.97 Å². The number of carboxylic acids is 1. The average molecular weight is 196 g/mol. The monoisotopic (exact) mass is 196 g/mol. The van der Waals surface area contributed by atoms with Crippen molar-refractivity contribution in [3.63, 3.8) is 0 Å². The van der Waals surface area contributed by atoms with Crippen LogP contribution in [0.1, 0.15) is 18.8 Å². The Morgan fingerprint density at radius 2 is 2.50 bits per heavy atom. The van der Waals surface area contributed by atoms with Crippen LogP contribution in [0.4, 0.5) is 0 Å². The fourth-order valence-corrected chi connectivity index (χ4v) is 0.893. The number of rotatable bonds is 4. The van der Waals surface area contributed by atoms with E-state index in [2.05, 4.69) is 15.4 Å². The average Bonchev–Trinajstić information content (AvgIpc) is 2.51. The third-order valence-electron chi connectivity index (χ3n) is 1.58. The van der Waals surface area contributed by atoms with Gasteiger partial charge in [0.2, 0.25) is 0 Å². The van der Waals surface area contributed by atoms with Crippen LogP contribution in [-0.4, -0.2) is 25.8 Å². The van der Waals surface area contributed by atoms with Gasteiger partial charge in [0.05, 0.1) is 6.04 Å². The quantitative estimate of drug-likeness (QED) is 0.666. The van der Waals surface area contributed by atoms with Crippen LogP contribution in [0.5, 0.6) is 0 Å². The summed E-state index contributed by atoms with van der Waals surface area (Å²) in [6.45, 7) is 1.85. The Hall–Kier alpha value is -1.85. The van der Waals surface area contributed by atoms with Gasteiger partial charge in [-0.15, -0.1) is 0 Å². The highest BCUT2D eigenvalue weighted by Gasteiger charge is 2.06. The molecule has 0 spiro atoms. The van der Waals surface area contributed by atoms with Gasteiger partial charge < -0.3 is 10.4 Å². The van der Waals surface area contributed by atoms with Gasteiger partial charge in [-0.25, -0.2) is 9.78 Å². The number of aliphatic carboxylic acids is 1. The van der Waals surface area contributed by atoms with Crippen LogP contribution in [0.3, 0.4) is 0 Å². The molecule has 0 aliphatic rings. The van der Waals surface area contributed by atoms with Crippen LogP contribution in [0.2, 0.25) is 0 Å². The fourth-order valence-electron chi connectivity index (χ4n) is 0.893. The van der Waals surface area contributed by atoms with E-state index in [-0.39, 0.29) is 6.04 Å². The first-order valence-electron chi connectivity index (χ1n) is 4.10. The zero-order valence-electron chi connectivity index (χ0n) is 8.01. The molecule has 6 nitrogen and oxygen atoms in total. The molecule has 76 valence electrons. The molecule has 6 heteroatoms. The largest absolute Gasteiger partial charge is 0.478 e. The molecule has 0 amide bonds.